The Kier molecular flexibility index (Phi) is 10.8. The van der Waals surface area contributed by atoms with E-state index in [9.17, 15) is 5.11 Å². The SMILES string of the molecule is CCNC(=NCc1ccc(CN2CC(C)OC(C)C2)cc1)NC1CCC(O)CC1.I. The molecule has 0 radical (unpaired) electrons. The molecule has 6 nitrogen and oxygen atoms in total. The third kappa shape index (κ3) is 8.32. The van der Waals surface area contributed by atoms with Crippen molar-refractivity contribution in [2.75, 3.05) is 19.6 Å². The van der Waals surface area contributed by atoms with Gasteiger partial charge in [0.1, 0.15) is 0 Å². The van der Waals surface area contributed by atoms with E-state index in [1.807, 2.05) is 0 Å². The minimum atomic E-state index is -0.130. The van der Waals surface area contributed by atoms with Gasteiger partial charge in [0.2, 0.25) is 0 Å². The molecule has 2 fully saturated rings. The van der Waals surface area contributed by atoms with Crippen LogP contribution in [0.2, 0.25) is 0 Å². The molecular weight excluding hydrogens is 491 g/mol. The van der Waals surface area contributed by atoms with Crippen molar-refractivity contribution in [2.24, 2.45) is 4.99 Å². The minimum absolute atomic E-state index is 0. The summed E-state index contributed by atoms with van der Waals surface area (Å²) in [6.07, 6.45) is 4.22. The van der Waals surface area contributed by atoms with Gasteiger partial charge in [0, 0.05) is 32.2 Å². The zero-order chi connectivity index (χ0) is 20.6. The number of hydrogen-bond donors (Lipinski definition) is 3. The Hall–Kier alpha value is -0.900. The Morgan fingerprint density at radius 2 is 1.67 bits per heavy atom. The third-order valence-corrected chi connectivity index (χ3v) is 5.73. The fraction of sp³-hybridized carbons (Fsp3) is 0.696. The fourth-order valence-electron chi connectivity index (χ4n) is 4.33. The second-order valence-electron chi connectivity index (χ2n) is 8.61. The number of guanidine groups is 1. The van der Waals surface area contributed by atoms with Crippen molar-refractivity contribution in [3.05, 3.63) is 35.4 Å². The van der Waals surface area contributed by atoms with E-state index in [2.05, 4.69) is 60.6 Å². The lowest BCUT2D eigenvalue weighted by atomic mass is 9.93. The van der Waals surface area contributed by atoms with Gasteiger partial charge in [0.15, 0.2) is 5.96 Å². The Balaban J connectivity index is 0.00000320. The summed E-state index contributed by atoms with van der Waals surface area (Å²) in [4.78, 5) is 7.24. The van der Waals surface area contributed by atoms with Gasteiger partial charge in [0.05, 0.1) is 24.9 Å². The number of nitrogens with zero attached hydrogens (tertiary/aromatic N) is 2. The van der Waals surface area contributed by atoms with Crippen molar-refractivity contribution >= 4 is 29.9 Å². The molecule has 1 aromatic carbocycles. The van der Waals surface area contributed by atoms with Crippen LogP contribution in [-0.2, 0) is 17.8 Å². The highest BCUT2D eigenvalue weighted by Gasteiger charge is 2.22. The van der Waals surface area contributed by atoms with Crippen LogP contribution in [-0.4, -0.2) is 60.0 Å². The number of nitrogens with one attached hydrogen (secondary N) is 2. The summed E-state index contributed by atoms with van der Waals surface area (Å²) in [5, 5.41) is 16.6. The zero-order valence-electron chi connectivity index (χ0n) is 18.6. The Morgan fingerprint density at radius 1 is 1.07 bits per heavy atom. The van der Waals surface area contributed by atoms with Crippen molar-refractivity contribution < 1.29 is 9.84 Å². The molecule has 0 bridgehead atoms. The van der Waals surface area contributed by atoms with Crippen molar-refractivity contribution in [3.63, 3.8) is 0 Å². The van der Waals surface area contributed by atoms with Crippen LogP contribution in [0.15, 0.2) is 29.3 Å². The molecule has 2 aliphatic rings. The van der Waals surface area contributed by atoms with Crippen LogP contribution in [0.25, 0.3) is 0 Å². The molecule has 3 rings (SSSR count). The first kappa shape index (κ1) is 25.4. The Bertz CT molecular complexity index is 637. The molecule has 1 aliphatic heterocycles. The molecular formula is C23H39IN4O2. The van der Waals surface area contributed by atoms with Crippen LogP contribution >= 0.6 is 24.0 Å². The molecule has 2 atom stereocenters. The Labute approximate surface area is 198 Å². The van der Waals surface area contributed by atoms with Gasteiger partial charge in [-0.3, -0.25) is 4.90 Å². The van der Waals surface area contributed by atoms with Gasteiger partial charge >= 0.3 is 0 Å². The maximum Gasteiger partial charge on any atom is 0.191 e. The van der Waals surface area contributed by atoms with Crippen molar-refractivity contribution in [1.29, 1.82) is 0 Å². The molecule has 1 saturated carbocycles. The minimum Gasteiger partial charge on any atom is -0.393 e. The lowest BCUT2D eigenvalue weighted by molar-refractivity contribution is -0.0704. The number of hydrogen-bond acceptors (Lipinski definition) is 4. The van der Waals surface area contributed by atoms with Crippen LogP contribution in [0.1, 0.15) is 57.6 Å². The monoisotopic (exact) mass is 530 g/mol. The summed E-state index contributed by atoms with van der Waals surface area (Å²) in [5.74, 6) is 0.870. The lowest BCUT2D eigenvalue weighted by Crippen LogP contribution is -2.45. The number of aliphatic hydroxyl groups is 1. The molecule has 30 heavy (non-hydrogen) atoms. The van der Waals surface area contributed by atoms with Gasteiger partial charge < -0.3 is 20.5 Å². The predicted octanol–water partition coefficient (Wildman–Crippen LogP) is 3.27. The summed E-state index contributed by atoms with van der Waals surface area (Å²) < 4.78 is 5.83. The quantitative estimate of drug-likeness (QED) is 0.299. The van der Waals surface area contributed by atoms with Crippen molar-refractivity contribution in [2.45, 2.75) is 83.9 Å². The van der Waals surface area contributed by atoms with E-state index in [-0.39, 0.29) is 30.1 Å². The van der Waals surface area contributed by atoms with Crippen LogP contribution < -0.4 is 10.6 Å². The first-order valence-corrected chi connectivity index (χ1v) is 11.2. The topological polar surface area (TPSA) is 69.1 Å². The molecule has 1 aromatic rings. The van der Waals surface area contributed by atoms with Crippen LogP contribution in [0.5, 0.6) is 0 Å². The molecule has 170 valence electrons. The summed E-state index contributed by atoms with van der Waals surface area (Å²) >= 11 is 0. The predicted molar refractivity (Wildman–Crippen MR) is 133 cm³/mol. The number of aliphatic hydroxyl groups excluding tert-OH is 1. The lowest BCUT2D eigenvalue weighted by Gasteiger charge is -2.35. The number of rotatable bonds is 6. The highest BCUT2D eigenvalue weighted by molar-refractivity contribution is 14.0. The normalized spacial score (nSPS) is 27.9. The van der Waals surface area contributed by atoms with E-state index in [1.165, 1.54) is 11.1 Å². The largest absolute Gasteiger partial charge is 0.393 e. The maximum atomic E-state index is 9.69. The maximum absolute atomic E-state index is 9.69. The van der Waals surface area contributed by atoms with Crippen LogP contribution in [0, 0.1) is 0 Å². The molecule has 0 spiro atoms. The van der Waals surface area contributed by atoms with E-state index < -0.39 is 0 Å². The standard InChI is InChI=1S/C23H38N4O2.HI/c1-4-24-23(26-21-9-11-22(28)12-10-21)25-13-19-5-7-20(8-6-19)16-27-14-17(2)29-18(3)15-27;/h5-8,17-18,21-22,28H,4,9-16H2,1-3H3,(H2,24,25,26);1H. The van der Waals surface area contributed by atoms with E-state index in [0.29, 0.717) is 24.8 Å². The van der Waals surface area contributed by atoms with Gasteiger partial charge in [-0.25, -0.2) is 4.99 Å². The number of ether oxygens (including phenoxy) is 1. The summed E-state index contributed by atoms with van der Waals surface area (Å²) in [6, 6.07) is 9.22. The van der Waals surface area contributed by atoms with Gasteiger partial charge in [-0.1, -0.05) is 24.3 Å². The average Bonchev–Trinajstić information content (AvgIpc) is 2.68. The second-order valence-corrected chi connectivity index (χ2v) is 8.61. The van der Waals surface area contributed by atoms with E-state index in [1.54, 1.807) is 0 Å². The number of halogens is 1. The first-order chi connectivity index (χ1) is 14.0. The summed E-state index contributed by atoms with van der Waals surface area (Å²) in [6.45, 7) is 10.8. The number of benzene rings is 1. The van der Waals surface area contributed by atoms with Gasteiger partial charge in [-0.15, -0.1) is 24.0 Å². The smallest absolute Gasteiger partial charge is 0.191 e. The van der Waals surface area contributed by atoms with Gasteiger partial charge in [-0.05, 0) is 57.6 Å². The summed E-state index contributed by atoms with van der Waals surface area (Å²) in [5.41, 5.74) is 2.55. The van der Waals surface area contributed by atoms with Gasteiger partial charge in [0.25, 0.3) is 0 Å². The molecule has 7 heteroatoms. The molecule has 2 unspecified atom stereocenters. The molecule has 0 amide bonds. The van der Waals surface area contributed by atoms with Crippen LogP contribution in [0.3, 0.4) is 0 Å². The molecule has 1 heterocycles. The average molecular weight is 530 g/mol. The van der Waals surface area contributed by atoms with Gasteiger partial charge in [-0.2, -0.15) is 0 Å². The van der Waals surface area contributed by atoms with Crippen molar-refractivity contribution in [3.8, 4) is 0 Å². The summed E-state index contributed by atoms with van der Waals surface area (Å²) in [7, 11) is 0. The van der Waals surface area contributed by atoms with E-state index in [4.69, 9.17) is 9.73 Å². The zero-order valence-corrected chi connectivity index (χ0v) is 21.0. The Morgan fingerprint density at radius 3 is 2.27 bits per heavy atom. The molecule has 1 aliphatic carbocycles. The number of aliphatic imine (C=N–C) groups is 1. The third-order valence-electron chi connectivity index (χ3n) is 5.73. The number of morpholine rings is 1. The van der Waals surface area contributed by atoms with E-state index >= 15 is 0 Å². The van der Waals surface area contributed by atoms with Crippen molar-refractivity contribution in [1.82, 2.24) is 15.5 Å². The first-order valence-electron chi connectivity index (χ1n) is 11.2. The van der Waals surface area contributed by atoms with E-state index in [0.717, 1.165) is 57.8 Å². The molecule has 3 N–H and O–H groups in total. The highest BCUT2D eigenvalue weighted by Crippen LogP contribution is 2.18. The second kappa shape index (κ2) is 12.8. The highest BCUT2D eigenvalue weighted by atomic mass is 127. The molecule has 0 aromatic heterocycles. The molecule has 1 saturated heterocycles. The fourth-order valence-corrected chi connectivity index (χ4v) is 4.33. The van der Waals surface area contributed by atoms with Crippen LogP contribution in [0.4, 0.5) is 0 Å².